The van der Waals surface area contributed by atoms with Gasteiger partial charge >= 0.3 is 85.9 Å². The molecular formula is C9H9SSb. The fourth-order valence-electron chi connectivity index (χ4n) is 0.741. The van der Waals surface area contributed by atoms with E-state index in [1.165, 1.54) is 8.42 Å². The predicted molar refractivity (Wildman–Crippen MR) is 52.6 cm³/mol. The number of hydrogen-bond acceptors (Lipinski definition) is 1. The monoisotopic (exact) mass is 270 g/mol. The van der Waals surface area contributed by atoms with Crippen molar-refractivity contribution in [1.29, 1.82) is 0 Å². The van der Waals surface area contributed by atoms with Crippen molar-refractivity contribution in [2.24, 2.45) is 0 Å². The molecule has 0 unspecified atom stereocenters. The van der Waals surface area contributed by atoms with Crippen molar-refractivity contribution in [3.63, 3.8) is 0 Å². The minimum atomic E-state index is 1.05. The van der Waals surface area contributed by atoms with Crippen LogP contribution >= 0.6 is 11.8 Å². The van der Waals surface area contributed by atoms with Gasteiger partial charge in [-0.1, -0.05) is 0 Å². The molecule has 11 heavy (non-hydrogen) atoms. The first-order chi connectivity index (χ1) is 5.29. The zero-order valence-corrected chi connectivity index (χ0v) is 9.53. The fourth-order valence-corrected chi connectivity index (χ4v) is 1.82. The molecule has 0 aliphatic heterocycles. The Morgan fingerprint density at radius 3 is 2.55 bits per heavy atom. The van der Waals surface area contributed by atoms with Crippen molar-refractivity contribution in [3.8, 4) is 0 Å². The van der Waals surface area contributed by atoms with Gasteiger partial charge in [-0.25, -0.2) is 0 Å². The van der Waals surface area contributed by atoms with Gasteiger partial charge in [-0.15, -0.1) is 0 Å². The molecule has 0 amide bonds. The Balaban J connectivity index is 2.45. The molecule has 0 atom stereocenters. The van der Waals surface area contributed by atoms with Gasteiger partial charge < -0.3 is 0 Å². The van der Waals surface area contributed by atoms with Crippen LogP contribution in [0.1, 0.15) is 5.56 Å². The number of benzene rings is 1. The zero-order valence-electron chi connectivity index (χ0n) is 6.16. The van der Waals surface area contributed by atoms with Gasteiger partial charge in [0, 0.05) is 0 Å². The molecule has 0 saturated heterocycles. The third kappa shape index (κ3) is 3.88. The molecule has 0 N–H and O–H groups in total. The van der Waals surface area contributed by atoms with E-state index in [9.17, 15) is 0 Å². The Bertz CT molecular complexity index is 231. The summed E-state index contributed by atoms with van der Waals surface area (Å²) in [6.07, 6.45) is 0. The molecule has 0 heterocycles. The van der Waals surface area contributed by atoms with E-state index in [1.807, 2.05) is 17.8 Å². The Morgan fingerprint density at radius 2 is 2.00 bits per heavy atom. The van der Waals surface area contributed by atoms with Crippen LogP contribution in [0.25, 0.3) is 0 Å². The third-order valence-electron chi connectivity index (χ3n) is 1.25. The first-order valence-corrected chi connectivity index (χ1v) is 5.60. The summed E-state index contributed by atoms with van der Waals surface area (Å²) >= 11 is 3.51. The predicted octanol–water partition coefficient (Wildman–Crippen LogP) is 2.56. The van der Waals surface area contributed by atoms with Crippen molar-refractivity contribution in [2.45, 2.75) is 5.75 Å². The summed E-state index contributed by atoms with van der Waals surface area (Å²) < 4.78 is 1.22. The molecule has 0 spiro atoms. The van der Waals surface area contributed by atoms with Crippen LogP contribution in [0.5, 0.6) is 0 Å². The van der Waals surface area contributed by atoms with Gasteiger partial charge in [-0.3, -0.25) is 0 Å². The van der Waals surface area contributed by atoms with Crippen LogP contribution in [0.15, 0.2) is 39.8 Å². The Labute approximate surface area is 85.6 Å². The molecule has 0 nitrogen and oxygen atoms in total. The number of hydrogen-bond donors (Lipinski definition) is 0. The topological polar surface area (TPSA) is 0 Å². The Hall–Kier alpha value is 0.128. The van der Waals surface area contributed by atoms with E-state index in [4.69, 9.17) is 0 Å². The first-order valence-electron chi connectivity index (χ1n) is 3.33. The van der Waals surface area contributed by atoms with E-state index in [1.54, 1.807) is 23.0 Å². The van der Waals surface area contributed by atoms with E-state index >= 15 is 0 Å². The van der Waals surface area contributed by atoms with Crippen LogP contribution in [-0.2, 0) is 5.75 Å². The van der Waals surface area contributed by atoms with Crippen molar-refractivity contribution in [3.05, 3.63) is 45.3 Å². The van der Waals surface area contributed by atoms with Crippen LogP contribution in [-0.4, -0.2) is 23.0 Å². The normalized spacial score (nSPS) is 9.55. The number of thioether (sulfide) groups is 1. The minimum absolute atomic E-state index is 1.05. The summed E-state index contributed by atoms with van der Waals surface area (Å²) in [5, 5.41) is 0. The summed E-state index contributed by atoms with van der Waals surface area (Å²) in [6, 6.07) is 10.5. The second-order valence-corrected chi connectivity index (χ2v) is 5.68. The molecule has 56 valence electrons. The molecule has 1 aromatic carbocycles. The molecule has 0 aliphatic rings. The quantitative estimate of drug-likeness (QED) is 0.761. The molecule has 2 radical (unpaired) electrons. The maximum absolute atomic E-state index is 3.86. The second-order valence-electron chi connectivity index (χ2n) is 2.17. The summed E-state index contributed by atoms with van der Waals surface area (Å²) in [4.78, 5) is 0. The van der Waals surface area contributed by atoms with Crippen molar-refractivity contribution in [2.75, 3.05) is 0 Å². The fraction of sp³-hybridized carbons (Fsp3) is 0.111. The van der Waals surface area contributed by atoms with E-state index in [0.29, 0.717) is 0 Å². The standard InChI is InChI=1S/C9H9S.Sb/c1-2-10-8-9-6-4-3-5-7-9;/h3-7H,1,8H2;. The average Bonchev–Trinajstić information content (AvgIpc) is 2.03. The Morgan fingerprint density at radius 1 is 1.36 bits per heavy atom. The summed E-state index contributed by atoms with van der Waals surface area (Å²) in [5.74, 6) is 1.05. The van der Waals surface area contributed by atoms with Crippen molar-refractivity contribution >= 4 is 34.8 Å². The van der Waals surface area contributed by atoms with Gasteiger partial charge in [-0.2, -0.15) is 0 Å². The molecule has 1 rings (SSSR count). The summed E-state index contributed by atoms with van der Waals surface area (Å²) in [6.45, 7) is 3.86. The molecule has 1 aromatic rings. The van der Waals surface area contributed by atoms with E-state index < -0.39 is 0 Å². The Kier molecular flexibility index (Phi) is 4.10. The number of rotatable bonds is 3. The summed E-state index contributed by atoms with van der Waals surface area (Å²) in [5.41, 5.74) is 1.37. The van der Waals surface area contributed by atoms with Gasteiger partial charge in [0.05, 0.1) is 0 Å². The molecule has 0 bridgehead atoms. The van der Waals surface area contributed by atoms with Gasteiger partial charge in [0.2, 0.25) is 0 Å². The van der Waals surface area contributed by atoms with Gasteiger partial charge in [0.1, 0.15) is 0 Å². The van der Waals surface area contributed by atoms with E-state index in [2.05, 4.69) is 30.8 Å². The molecule has 0 aromatic heterocycles. The first kappa shape index (κ1) is 9.22. The molecule has 2 heteroatoms. The SMILES string of the molecule is C=[C]([Sb])SCc1ccccc1. The molecule has 0 saturated carbocycles. The molecule has 0 fully saturated rings. The van der Waals surface area contributed by atoms with Crippen molar-refractivity contribution < 1.29 is 0 Å². The third-order valence-corrected chi connectivity index (χ3v) is 3.16. The van der Waals surface area contributed by atoms with Crippen LogP contribution in [0.2, 0.25) is 0 Å². The summed E-state index contributed by atoms with van der Waals surface area (Å²) in [7, 11) is 0. The van der Waals surface area contributed by atoms with Crippen LogP contribution in [0.4, 0.5) is 0 Å². The van der Waals surface area contributed by atoms with E-state index in [-0.39, 0.29) is 0 Å². The maximum atomic E-state index is 3.86. The van der Waals surface area contributed by atoms with Gasteiger partial charge in [0.25, 0.3) is 0 Å². The van der Waals surface area contributed by atoms with Crippen LogP contribution < -0.4 is 0 Å². The van der Waals surface area contributed by atoms with E-state index in [0.717, 1.165) is 5.75 Å². The van der Waals surface area contributed by atoms with Crippen LogP contribution in [0, 0.1) is 0 Å². The molecule has 0 aliphatic carbocycles. The van der Waals surface area contributed by atoms with Crippen molar-refractivity contribution in [1.82, 2.24) is 0 Å². The van der Waals surface area contributed by atoms with Crippen LogP contribution in [0.3, 0.4) is 0 Å². The molecular weight excluding hydrogens is 262 g/mol. The second kappa shape index (κ2) is 4.90. The van der Waals surface area contributed by atoms with Gasteiger partial charge in [0.15, 0.2) is 0 Å². The zero-order chi connectivity index (χ0) is 8.10. The average molecular weight is 271 g/mol. The van der Waals surface area contributed by atoms with Gasteiger partial charge in [-0.05, 0) is 0 Å².